The van der Waals surface area contributed by atoms with Crippen molar-refractivity contribution in [2.24, 2.45) is 0 Å². The monoisotopic (exact) mass is 440 g/mol. The highest BCUT2D eigenvalue weighted by atomic mass is 79.9. The van der Waals surface area contributed by atoms with E-state index in [4.69, 9.17) is 9.47 Å². The Kier molecular flexibility index (Phi) is 7.00. The minimum atomic E-state index is -0.836. The Hall–Kier alpha value is -1.93. The van der Waals surface area contributed by atoms with Gasteiger partial charge in [0.25, 0.3) is 0 Å². The van der Waals surface area contributed by atoms with Gasteiger partial charge in [-0.25, -0.2) is 4.79 Å². The van der Waals surface area contributed by atoms with E-state index in [0.717, 1.165) is 4.47 Å². The second kappa shape index (κ2) is 8.84. The van der Waals surface area contributed by atoms with Crippen LogP contribution in [-0.2, 0) is 14.3 Å². The van der Waals surface area contributed by atoms with Crippen molar-refractivity contribution in [1.29, 1.82) is 0 Å². The fraction of sp³-hybridized carbons (Fsp3) is 0.526. The number of carbonyl (C=O) groups excluding carboxylic acids is 3. The van der Waals surface area contributed by atoms with Crippen LogP contribution in [0.1, 0.15) is 44.5 Å². The molecule has 1 aromatic carbocycles. The molecule has 1 N–H and O–H groups in total. The van der Waals surface area contributed by atoms with Crippen molar-refractivity contribution in [3.05, 3.63) is 28.2 Å². The maximum Gasteiger partial charge on any atom is 0.411 e. The third kappa shape index (κ3) is 5.77. The number of nitrogens with one attached hydrogen (secondary N) is 1. The number of Topliss-reactive ketones (excluding diaryl/α,β-unsaturated/α-hetero) is 1. The molecular weight excluding hydrogens is 416 g/mol. The third-order valence-electron chi connectivity index (χ3n) is 3.92. The van der Waals surface area contributed by atoms with E-state index in [1.165, 1.54) is 4.90 Å². The van der Waals surface area contributed by atoms with Gasteiger partial charge in [-0.05, 0) is 39.0 Å². The number of amides is 2. The number of nitrogens with zero attached hydrogens (tertiary/aromatic N) is 1. The van der Waals surface area contributed by atoms with E-state index in [1.54, 1.807) is 45.9 Å². The van der Waals surface area contributed by atoms with Crippen molar-refractivity contribution < 1.29 is 23.9 Å². The topological polar surface area (TPSA) is 84.9 Å². The molecular formula is C19H25BrN2O5. The van der Waals surface area contributed by atoms with Gasteiger partial charge in [0.2, 0.25) is 5.91 Å². The van der Waals surface area contributed by atoms with Gasteiger partial charge in [-0.3, -0.25) is 14.5 Å². The van der Waals surface area contributed by atoms with Gasteiger partial charge in [0.15, 0.2) is 5.78 Å². The van der Waals surface area contributed by atoms with Crippen molar-refractivity contribution in [2.75, 3.05) is 25.1 Å². The van der Waals surface area contributed by atoms with E-state index in [1.807, 2.05) is 0 Å². The predicted molar refractivity (Wildman–Crippen MR) is 105 cm³/mol. The lowest BCUT2D eigenvalue weighted by molar-refractivity contribution is -0.127. The highest BCUT2D eigenvalue weighted by molar-refractivity contribution is 9.10. The molecule has 27 heavy (non-hydrogen) atoms. The maximum absolute atomic E-state index is 12.9. The van der Waals surface area contributed by atoms with Crippen molar-refractivity contribution in [3.63, 3.8) is 0 Å². The second-order valence-electron chi connectivity index (χ2n) is 7.22. The summed E-state index contributed by atoms with van der Waals surface area (Å²) in [4.78, 5) is 38.8. The summed E-state index contributed by atoms with van der Waals surface area (Å²) in [5.41, 5.74) is 0.159. The molecule has 1 fully saturated rings. The van der Waals surface area contributed by atoms with Crippen LogP contribution in [0.2, 0.25) is 0 Å². The molecule has 7 nitrogen and oxygen atoms in total. The molecule has 2 amide bonds. The van der Waals surface area contributed by atoms with Crippen molar-refractivity contribution in [2.45, 2.75) is 45.8 Å². The summed E-state index contributed by atoms with van der Waals surface area (Å²) < 4.78 is 11.5. The molecule has 1 atom stereocenters. The summed E-state index contributed by atoms with van der Waals surface area (Å²) in [6.45, 7) is 7.72. The Morgan fingerprint density at radius 1 is 1.33 bits per heavy atom. The lowest BCUT2D eigenvalue weighted by Gasteiger charge is -2.35. The van der Waals surface area contributed by atoms with Gasteiger partial charge >= 0.3 is 6.09 Å². The Labute approximate surface area is 167 Å². The van der Waals surface area contributed by atoms with Crippen LogP contribution in [-0.4, -0.2) is 54.1 Å². The van der Waals surface area contributed by atoms with Gasteiger partial charge < -0.3 is 14.8 Å². The van der Waals surface area contributed by atoms with E-state index in [0.29, 0.717) is 24.3 Å². The standard InChI is InChI=1S/C19H25BrN2O5/c1-5-16(23)13-7-6-12(20)10-14(13)21-17(24)15-11-26-9-8-22(15)18(25)27-19(2,3)4/h6-7,10,15H,5,8-9,11H2,1-4H3,(H,21,24). The fourth-order valence-corrected chi connectivity index (χ4v) is 2.99. The predicted octanol–water partition coefficient (Wildman–Crippen LogP) is 3.62. The smallest absolute Gasteiger partial charge is 0.411 e. The average molecular weight is 441 g/mol. The number of halogens is 1. The zero-order valence-corrected chi connectivity index (χ0v) is 17.6. The molecule has 0 saturated carbocycles. The van der Waals surface area contributed by atoms with Crippen LogP contribution in [0.3, 0.4) is 0 Å². The van der Waals surface area contributed by atoms with Gasteiger partial charge in [0.1, 0.15) is 11.6 Å². The molecule has 8 heteroatoms. The van der Waals surface area contributed by atoms with Crippen LogP contribution in [0, 0.1) is 0 Å². The number of benzene rings is 1. The molecule has 1 aromatic rings. The van der Waals surface area contributed by atoms with Crippen LogP contribution in [0.4, 0.5) is 10.5 Å². The molecule has 1 unspecified atom stereocenters. The first-order chi connectivity index (χ1) is 12.6. The number of morpholine rings is 1. The average Bonchev–Trinajstić information content (AvgIpc) is 2.59. The third-order valence-corrected chi connectivity index (χ3v) is 4.41. The number of hydrogen-bond donors (Lipinski definition) is 1. The molecule has 0 radical (unpaired) electrons. The molecule has 1 heterocycles. The first-order valence-corrected chi connectivity index (χ1v) is 9.62. The minimum absolute atomic E-state index is 0.0656. The number of anilines is 1. The van der Waals surface area contributed by atoms with E-state index in [-0.39, 0.29) is 18.9 Å². The SMILES string of the molecule is CCC(=O)c1ccc(Br)cc1NC(=O)C1COCCN1C(=O)OC(C)(C)C. The second-order valence-corrected chi connectivity index (χ2v) is 8.14. The van der Waals surface area contributed by atoms with Crippen molar-refractivity contribution >= 4 is 39.4 Å². The molecule has 1 aliphatic heterocycles. The van der Waals surface area contributed by atoms with E-state index < -0.39 is 23.6 Å². The number of ketones is 1. The number of ether oxygens (including phenoxy) is 2. The quantitative estimate of drug-likeness (QED) is 0.722. The Bertz CT molecular complexity index is 729. The molecule has 0 bridgehead atoms. The number of hydrogen-bond acceptors (Lipinski definition) is 5. The highest BCUT2D eigenvalue weighted by Gasteiger charge is 2.35. The van der Waals surface area contributed by atoms with Gasteiger partial charge in [-0.1, -0.05) is 22.9 Å². The van der Waals surface area contributed by atoms with Crippen molar-refractivity contribution in [1.82, 2.24) is 4.90 Å². The summed E-state index contributed by atoms with van der Waals surface area (Å²) >= 11 is 3.35. The van der Waals surface area contributed by atoms with E-state index >= 15 is 0 Å². The summed E-state index contributed by atoms with van der Waals surface area (Å²) in [5, 5.41) is 2.76. The van der Waals surface area contributed by atoms with Crippen LogP contribution in [0.15, 0.2) is 22.7 Å². The Balaban J connectivity index is 2.21. The van der Waals surface area contributed by atoms with Gasteiger partial charge in [-0.2, -0.15) is 0 Å². The molecule has 148 valence electrons. The number of carbonyl (C=O) groups is 3. The Morgan fingerprint density at radius 3 is 2.67 bits per heavy atom. The highest BCUT2D eigenvalue weighted by Crippen LogP contribution is 2.24. The van der Waals surface area contributed by atoms with Crippen LogP contribution < -0.4 is 5.32 Å². The van der Waals surface area contributed by atoms with Gasteiger partial charge in [0.05, 0.1) is 18.9 Å². The summed E-state index contributed by atoms with van der Waals surface area (Å²) in [6, 6.07) is 4.24. The Morgan fingerprint density at radius 2 is 2.04 bits per heavy atom. The van der Waals surface area contributed by atoms with E-state index in [9.17, 15) is 14.4 Å². The van der Waals surface area contributed by atoms with Crippen molar-refractivity contribution in [3.8, 4) is 0 Å². The molecule has 0 spiro atoms. The summed E-state index contributed by atoms with van der Waals surface area (Å²) in [6.07, 6.45) is -0.244. The molecule has 0 aliphatic carbocycles. The van der Waals surface area contributed by atoms with Crippen LogP contribution in [0.25, 0.3) is 0 Å². The number of rotatable bonds is 4. The first kappa shape index (κ1) is 21.4. The van der Waals surface area contributed by atoms with Gasteiger partial charge in [0, 0.05) is 23.0 Å². The molecule has 1 aliphatic rings. The normalized spacial score (nSPS) is 17.4. The van der Waals surface area contributed by atoms with E-state index in [2.05, 4.69) is 21.2 Å². The van der Waals surface area contributed by atoms with Gasteiger partial charge in [-0.15, -0.1) is 0 Å². The minimum Gasteiger partial charge on any atom is -0.444 e. The fourth-order valence-electron chi connectivity index (χ4n) is 2.63. The lowest BCUT2D eigenvalue weighted by Crippen LogP contribution is -2.55. The largest absolute Gasteiger partial charge is 0.444 e. The maximum atomic E-state index is 12.9. The molecule has 2 rings (SSSR count). The molecule has 1 saturated heterocycles. The lowest BCUT2D eigenvalue weighted by atomic mass is 10.1. The summed E-state index contributed by atoms with van der Waals surface area (Å²) in [7, 11) is 0. The zero-order chi connectivity index (χ0) is 20.2. The zero-order valence-electron chi connectivity index (χ0n) is 16.0. The molecule has 0 aromatic heterocycles. The van der Waals surface area contributed by atoms with Crippen LogP contribution in [0.5, 0.6) is 0 Å². The summed E-state index contributed by atoms with van der Waals surface area (Å²) in [5.74, 6) is -0.509. The van der Waals surface area contributed by atoms with Crippen LogP contribution >= 0.6 is 15.9 Å². The first-order valence-electron chi connectivity index (χ1n) is 8.83.